The third-order valence-corrected chi connectivity index (χ3v) is 7.43. The van der Waals surface area contributed by atoms with Gasteiger partial charge < -0.3 is 9.84 Å². The first kappa shape index (κ1) is 26.1. The fourth-order valence-corrected chi connectivity index (χ4v) is 5.04. The van der Waals surface area contributed by atoms with Crippen molar-refractivity contribution in [2.24, 2.45) is 5.41 Å². The molecule has 0 aromatic carbocycles. The predicted octanol–water partition coefficient (Wildman–Crippen LogP) is 1.64. The number of rotatable bonds is 5. The Balaban J connectivity index is 0.000000516. The zero-order chi connectivity index (χ0) is 22.6. The minimum atomic E-state index is -5.08. The summed E-state index contributed by atoms with van der Waals surface area (Å²) >= 11 is 0. The van der Waals surface area contributed by atoms with Gasteiger partial charge in [-0.2, -0.15) is 30.2 Å². The summed E-state index contributed by atoms with van der Waals surface area (Å²) in [7, 11) is 1.69. The van der Waals surface area contributed by atoms with Crippen LogP contribution in [0.5, 0.6) is 0 Å². The van der Waals surface area contributed by atoms with Crippen LogP contribution < -0.4 is 0 Å². The highest BCUT2D eigenvalue weighted by atomic mass is 32.2. The number of nitrogens with zero attached hydrogens (tertiary/aromatic N) is 3. The van der Waals surface area contributed by atoms with Crippen LogP contribution in [0.3, 0.4) is 0 Å². The van der Waals surface area contributed by atoms with Crippen LogP contribution in [-0.2, 0) is 19.7 Å². The van der Waals surface area contributed by atoms with E-state index in [2.05, 4.69) is 18.7 Å². The van der Waals surface area contributed by atoms with Gasteiger partial charge in [0.05, 0.1) is 6.61 Å². The first-order chi connectivity index (χ1) is 13.2. The second-order valence-electron chi connectivity index (χ2n) is 8.07. The van der Waals surface area contributed by atoms with Crippen LogP contribution in [0, 0.1) is 5.41 Å². The topological polar surface area (TPSA) is 90.4 Å². The number of likely N-dealkylation sites (tertiary alicyclic amines) is 1. The van der Waals surface area contributed by atoms with Gasteiger partial charge in [0, 0.05) is 52.9 Å². The number of hydrogen-bond acceptors (Lipinski definition) is 5. The van der Waals surface area contributed by atoms with Gasteiger partial charge in [0.15, 0.2) is 0 Å². The van der Waals surface area contributed by atoms with Crippen molar-refractivity contribution in [3.8, 4) is 0 Å². The molecule has 0 bridgehead atoms. The fraction of sp³-hybridized carbons (Fsp3) is 0.941. The monoisotopic (exact) mass is 447 g/mol. The molecule has 0 amide bonds. The van der Waals surface area contributed by atoms with Gasteiger partial charge in [-0.05, 0) is 38.5 Å². The highest BCUT2D eigenvalue weighted by Gasteiger charge is 2.47. The number of carbonyl (C=O) groups is 1. The Hall–Kier alpha value is -0.950. The number of ether oxygens (including phenoxy) is 1. The highest BCUT2D eigenvalue weighted by Crippen LogP contribution is 2.44. The van der Waals surface area contributed by atoms with E-state index in [4.69, 9.17) is 14.6 Å². The molecule has 0 aliphatic carbocycles. The van der Waals surface area contributed by atoms with E-state index in [1.165, 1.54) is 4.31 Å². The molecule has 12 heteroatoms. The summed E-state index contributed by atoms with van der Waals surface area (Å²) in [6, 6.07) is 0.963. The van der Waals surface area contributed by atoms with Crippen molar-refractivity contribution >= 4 is 16.2 Å². The van der Waals surface area contributed by atoms with Gasteiger partial charge in [0.25, 0.3) is 10.2 Å². The molecule has 2 aliphatic rings. The smallest absolute Gasteiger partial charge is 0.475 e. The Morgan fingerprint density at radius 2 is 1.76 bits per heavy atom. The van der Waals surface area contributed by atoms with Crippen LogP contribution in [0.2, 0.25) is 0 Å². The van der Waals surface area contributed by atoms with E-state index in [1.807, 2.05) is 0 Å². The van der Waals surface area contributed by atoms with Crippen molar-refractivity contribution < 1.29 is 36.2 Å². The first-order valence-electron chi connectivity index (χ1n) is 9.39. The molecule has 1 spiro atoms. The van der Waals surface area contributed by atoms with Gasteiger partial charge in [0.1, 0.15) is 0 Å². The molecule has 2 saturated heterocycles. The molecule has 172 valence electrons. The molecule has 1 N–H and O–H groups in total. The van der Waals surface area contributed by atoms with Crippen LogP contribution in [0.1, 0.15) is 33.1 Å². The molecular formula is C17H32F3N3O5S. The van der Waals surface area contributed by atoms with Crippen molar-refractivity contribution in [2.45, 2.75) is 51.4 Å². The van der Waals surface area contributed by atoms with E-state index in [1.54, 1.807) is 25.5 Å². The molecule has 0 aromatic rings. The summed E-state index contributed by atoms with van der Waals surface area (Å²) in [6.07, 6.45) is -2.07. The van der Waals surface area contributed by atoms with Crippen LogP contribution in [-0.4, -0.2) is 98.7 Å². The second kappa shape index (κ2) is 9.90. The number of carboxylic acid groups (broad SMARTS) is 1. The fourth-order valence-electron chi connectivity index (χ4n) is 3.93. The van der Waals surface area contributed by atoms with Crippen molar-refractivity contribution in [3.05, 3.63) is 0 Å². The molecule has 8 nitrogen and oxygen atoms in total. The van der Waals surface area contributed by atoms with Crippen molar-refractivity contribution in [1.82, 2.24) is 13.5 Å². The molecule has 0 saturated carbocycles. The van der Waals surface area contributed by atoms with E-state index < -0.39 is 22.4 Å². The summed E-state index contributed by atoms with van der Waals surface area (Å²) in [5.74, 6) is -2.76. The van der Waals surface area contributed by atoms with Crippen molar-refractivity contribution in [1.29, 1.82) is 0 Å². The lowest BCUT2D eigenvalue weighted by Crippen LogP contribution is -2.48. The summed E-state index contributed by atoms with van der Waals surface area (Å²) in [4.78, 5) is 11.4. The molecule has 2 heterocycles. The van der Waals surface area contributed by atoms with Crippen LogP contribution in [0.25, 0.3) is 0 Å². The number of aliphatic carboxylic acids is 1. The number of halogens is 3. The first-order valence-corrected chi connectivity index (χ1v) is 10.8. The number of carboxylic acids is 1. The average molecular weight is 448 g/mol. The minimum Gasteiger partial charge on any atom is -0.475 e. The van der Waals surface area contributed by atoms with Gasteiger partial charge in [-0.25, -0.2) is 4.79 Å². The van der Waals surface area contributed by atoms with Gasteiger partial charge in [-0.1, -0.05) is 0 Å². The van der Waals surface area contributed by atoms with Gasteiger partial charge >= 0.3 is 12.1 Å². The zero-order valence-electron chi connectivity index (χ0n) is 17.6. The Kier molecular flexibility index (Phi) is 8.91. The molecule has 2 aliphatic heterocycles. The Labute approximate surface area is 170 Å². The van der Waals surface area contributed by atoms with E-state index in [9.17, 15) is 21.6 Å². The quantitative estimate of drug-likeness (QED) is 0.689. The second-order valence-corrected chi connectivity index (χ2v) is 10.2. The third-order valence-electron chi connectivity index (χ3n) is 5.49. The standard InChI is InChI=1S/C15H31N3O3S.C2HF3O2/c1-13(2)18-12-15(10-14(18)11-21-5)6-8-17(9-7-15)22(19,20)16(3)4;3-2(4,5)1(6)7/h13-14H,6-12H2,1-5H3;(H,6,7). The molecule has 29 heavy (non-hydrogen) atoms. The average Bonchev–Trinajstić information content (AvgIpc) is 2.93. The molecule has 1 unspecified atom stereocenters. The Morgan fingerprint density at radius 1 is 1.28 bits per heavy atom. The Morgan fingerprint density at radius 3 is 2.10 bits per heavy atom. The van der Waals surface area contributed by atoms with Gasteiger partial charge in [0.2, 0.25) is 0 Å². The number of piperidine rings is 1. The minimum absolute atomic E-state index is 0.256. The lowest BCUT2D eigenvalue weighted by molar-refractivity contribution is -0.192. The largest absolute Gasteiger partial charge is 0.490 e. The Bertz CT molecular complexity index is 647. The maximum Gasteiger partial charge on any atom is 0.490 e. The number of hydrogen-bond donors (Lipinski definition) is 1. The van der Waals surface area contributed by atoms with E-state index in [0.717, 1.165) is 32.4 Å². The normalized spacial score (nSPS) is 23.4. The number of methoxy groups -OCH3 is 1. The van der Waals surface area contributed by atoms with E-state index in [-0.39, 0.29) is 5.41 Å². The molecule has 2 fully saturated rings. The molecular weight excluding hydrogens is 415 g/mol. The summed E-state index contributed by atoms with van der Waals surface area (Å²) < 4.78 is 64.6. The summed E-state index contributed by atoms with van der Waals surface area (Å²) in [6.45, 7) is 7.55. The molecule has 1 atom stereocenters. The summed E-state index contributed by atoms with van der Waals surface area (Å²) in [5, 5.41) is 7.12. The van der Waals surface area contributed by atoms with Crippen LogP contribution >= 0.6 is 0 Å². The van der Waals surface area contributed by atoms with Crippen LogP contribution in [0.4, 0.5) is 13.2 Å². The van der Waals surface area contributed by atoms with Crippen LogP contribution in [0.15, 0.2) is 0 Å². The van der Waals surface area contributed by atoms with E-state index in [0.29, 0.717) is 25.2 Å². The molecule has 0 radical (unpaired) electrons. The highest BCUT2D eigenvalue weighted by molar-refractivity contribution is 7.86. The lowest BCUT2D eigenvalue weighted by Gasteiger charge is -2.39. The van der Waals surface area contributed by atoms with E-state index >= 15 is 0 Å². The zero-order valence-corrected chi connectivity index (χ0v) is 18.4. The SMILES string of the molecule is COCC1CC2(CCN(S(=O)(=O)N(C)C)CC2)CN1C(C)C.O=C(O)C(F)(F)F. The van der Waals surface area contributed by atoms with Crippen molar-refractivity contribution in [3.63, 3.8) is 0 Å². The van der Waals surface area contributed by atoms with Gasteiger partial charge in [-0.3, -0.25) is 4.90 Å². The number of alkyl halides is 3. The molecule has 2 rings (SSSR count). The summed E-state index contributed by atoms with van der Waals surface area (Å²) in [5.41, 5.74) is 0.256. The predicted molar refractivity (Wildman–Crippen MR) is 102 cm³/mol. The maximum atomic E-state index is 12.2. The van der Waals surface area contributed by atoms with Crippen molar-refractivity contribution in [2.75, 3.05) is 47.4 Å². The lowest BCUT2D eigenvalue weighted by atomic mass is 9.77. The molecule has 0 aromatic heterocycles. The van der Waals surface area contributed by atoms with Gasteiger partial charge in [-0.15, -0.1) is 0 Å². The third kappa shape index (κ3) is 6.78. The maximum absolute atomic E-state index is 12.2.